The summed E-state index contributed by atoms with van der Waals surface area (Å²) in [6.45, 7) is 5.92. The van der Waals surface area contributed by atoms with E-state index in [1.54, 1.807) is 6.26 Å². The number of hydrogen-bond acceptors (Lipinski definition) is 3. The van der Waals surface area contributed by atoms with E-state index < -0.39 is 0 Å². The largest absolute Gasteiger partial charge is 0.469 e. The number of anilines is 1. The highest BCUT2D eigenvalue weighted by atomic mass is 16.3. The molecule has 2 N–H and O–H groups in total. The number of hydrogen-bond donors (Lipinski definition) is 2. The van der Waals surface area contributed by atoms with Crippen molar-refractivity contribution in [1.82, 2.24) is 5.32 Å². The van der Waals surface area contributed by atoms with Gasteiger partial charge in [0.05, 0.1) is 12.3 Å². The van der Waals surface area contributed by atoms with Crippen LogP contribution in [-0.4, -0.2) is 18.0 Å². The summed E-state index contributed by atoms with van der Waals surface area (Å²) in [4.78, 5) is 12.1. The Kier molecular flexibility index (Phi) is 5.17. The van der Waals surface area contributed by atoms with Gasteiger partial charge in [-0.3, -0.25) is 4.79 Å². The zero-order valence-corrected chi connectivity index (χ0v) is 12.7. The molecule has 1 aromatic carbocycles. The standard InChI is InChI=1S/C17H22N2O2/c1-12-6-8-15(9-7-12)19-17(20)14(3)18-13(2)11-16-5-4-10-21-16/h4-10,13-14,18H,11H2,1-3H3,(H,19,20). The number of rotatable bonds is 6. The van der Waals surface area contributed by atoms with Gasteiger partial charge in [0.1, 0.15) is 5.76 Å². The molecule has 0 saturated heterocycles. The fraction of sp³-hybridized carbons (Fsp3) is 0.353. The van der Waals surface area contributed by atoms with Crippen molar-refractivity contribution in [2.24, 2.45) is 0 Å². The van der Waals surface area contributed by atoms with Gasteiger partial charge in [-0.05, 0) is 45.0 Å². The Morgan fingerprint density at radius 3 is 2.52 bits per heavy atom. The van der Waals surface area contributed by atoms with Crippen LogP contribution in [0.4, 0.5) is 5.69 Å². The minimum atomic E-state index is -0.267. The molecule has 2 aromatic rings. The van der Waals surface area contributed by atoms with E-state index in [-0.39, 0.29) is 18.0 Å². The molecule has 2 unspecified atom stereocenters. The third kappa shape index (κ3) is 4.76. The lowest BCUT2D eigenvalue weighted by atomic mass is 10.1. The van der Waals surface area contributed by atoms with Gasteiger partial charge in [-0.15, -0.1) is 0 Å². The molecule has 4 nitrogen and oxygen atoms in total. The van der Waals surface area contributed by atoms with Gasteiger partial charge >= 0.3 is 0 Å². The molecule has 21 heavy (non-hydrogen) atoms. The summed E-state index contributed by atoms with van der Waals surface area (Å²) in [6.07, 6.45) is 2.42. The van der Waals surface area contributed by atoms with Crippen LogP contribution >= 0.6 is 0 Å². The fourth-order valence-electron chi connectivity index (χ4n) is 2.18. The predicted molar refractivity (Wildman–Crippen MR) is 84.3 cm³/mol. The number of nitrogens with one attached hydrogen (secondary N) is 2. The lowest BCUT2D eigenvalue weighted by Crippen LogP contribution is -2.43. The van der Waals surface area contributed by atoms with Crippen LogP contribution in [0.3, 0.4) is 0 Å². The molecule has 0 bridgehead atoms. The van der Waals surface area contributed by atoms with Crippen LogP contribution in [0.25, 0.3) is 0 Å². The molecule has 0 aliphatic heterocycles. The molecule has 0 aliphatic carbocycles. The number of carbonyl (C=O) groups is 1. The van der Waals surface area contributed by atoms with Crippen molar-refractivity contribution in [2.45, 2.75) is 39.3 Å². The van der Waals surface area contributed by atoms with Crippen LogP contribution in [0.5, 0.6) is 0 Å². The molecule has 1 aromatic heterocycles. The fourth-order valence-corrected chi connectivity index (χ4v) is 2.18. The molecule has 2 atom stereocenters. The van der Waals surface area contributed by atoms with Gasteiger partial charge < -0.3 is 15.1 Å². The van der Waals surface area contributed by atoms with Crippen LogP contribution in [0.2, 0.25) is 0 Å². The molecule has 2 rings (SSSR count). The molecular formula is C17H22N2O2. The zero-order chi connectivity index (χ0) is 15.2. The van der Waals surface area contributed by atoms with Gasteiger partial charge in [-0.2, -0.15) is 0 Å². The van der Waals surface area contributed by atoms with E-state index in [9.17, 15) is 4.79 Å². The number of aryl methyl sites for hydroxylation is 1. The summed E-state index contributed by atoms with van der Waals surface area (Å²) >= 11 is 0. The van der Waals surface area contributed by atoms with Gasteiger partial charge in [0.15, 0.2) is 0 Å². The monoisotopic (exact) mass is 286 g/mol. The third-order valence-corrected chi connectivity index (χ3v) is 3.33. The molecule has 1 amide bonds. The van der Waals surface area contributed by atoms with E-state index in [1.165, 1.54) is 5.56 Å². The van der Waals surface area contributed by atoms with Crippen LogP contribution in [0.1, 0.15) is 25.2 Å². The first-order chi connectivity index (χ1) is 10.0. The van der Waals surface area contributed by atoms with Crippen molar-refractivity contribution in [3.63, 3.8) is 0 Å². The van der Waals surface area contributed by atoms with Crippen LogP contribution in [0, 0.1) is 6.92 Å². The molecule has 0 spiro atoms. The van der Waals surface area contributed by atoms with Crippen molar-refractivity contribution >= 4 is 11.6 Å². The summed E-state index contributed by atoms with van der Waals surface area (Å²) in [7, 11) is 0. The van der Waals surface area contributed by atoms with Gasteiger partial charge in [-0.25, -0.2) is 0 Å². The van der Waals surface area contributed by atoms with E-state index in [1.807, 2.05) is 57.2 Å². The normalized spacial score (nSPS) is 13.7. The smallest absolute Gasteiger partial charge is 0.241 e. The highest BCUT2D eigenvalue weighted by Crippen LogP contribution is 2.09. The molecule has 0 saturated carbocycles. The Hall–Kier alpha value is -2.07. The SMILES string of the molecule is Cc1ccc(NC(=O)C(C)NC(C)Cc2ccco2)cc1. The van der Waals surface area contributed by atoms with E-state index in [0.717, 1.165) is 17.9 Å². The van der Waals surface area contributed by atoms with E-state index in [2.05, 4.69) is 10.6 Å². The summed E-state index contributed by atoms with van der Waals surface area (Å²) < 4.78 is 5.31. The second-order valence-corrected chi connectivity index (χ2v) is 5.43. The number of carbonyl (C=O) groups excluding carboxylic acids is 1. The predicted octanol–water partition coefficient (Wildman–Crippen LogP) is 3.14. The summed E-state index contributed by atoms with van der Waals surface area (Å²) in [5, 5.41) is 6.19. The van der Waals surface area contributed by atoms with Gasteiger partial charge in [0.2, 0.25) is 5.91 Å². The third-order valence-electron chi connectivity index (χ3n) is 3.33. The molecule has 0 aliphatic rings. The summed E-state index contributed by atoms with van der Waals surface area (Å²) in [5.74, 6) is 0.881. The van der Waals surface area contributed by atoms with Crippen molar-refractivity contribution in [3.05, 3.63) is 54.0 Å². The quantitative estimate of drug-likeness (QED) is 0.857. The Bertz CT molecular complexity index is 561. The molecule has 0 fully saturated rings. The van der Waals surface area contributed by atoms with Crippen molar-refractivity contribution < 1.29 is 9.21 Å². The maximum atomic E-state index is 12.1. The van der Waals surface area contributed by atoms with Crippen molar-refractivity contribution in [3.8, 4) is 0 Å². The summed E-state index contributed by atoms with van der Waals surface area (Å²) in [5.41, 5.74) is 1.99. The Balaban J connectivity index is 1.83. The maximum absolute atomic E-state index is 12.1. The number of benzene rings is 1. The lowest BCUT2D eigenvalue weighted by molar-refractivity contribution is -0.117. The minimum Gasteiger partial charge on any atom is -0.469 e. The van der Waals surface area contributed by atoms with Gasteiger partial charge in [0.25, 0.3) is 0 Å². The van der Waals surface area contributed by atoms with Crippen LogP contribution in [-0.2, 0) is 11.2 Å². The van der Waals surface area contributed by atoms with Gasteiger partial charge in [-0.1, -0.05) is 17.7 Å². The van der Waals surface area contributed by atoms with Gasteiger partial charge in [0, 0.05) is 18.2 Å². The van der Waals surface area contributed by atoms with Crippen molar-refractivity contribution in [1.29, 1.82) is 0 Å². The highest BCUT2D eigenvalue weighted by molar-refractivity contribution is 5.94. The Labute approximate surface area is 125 Å². The first kappa shape index (κ1) is 15.3. The molecule has 4 heteroatoms. The van der Waals surface area contributed by atoms with E-state index in [4.69, 9.17) is 4.42 Å². The minimum absolute atomic E-state index is 0.0369. The van der Waals surface area contributed by atoms with Crippen LogP contribution in [0.15, 0.2) is 47.1 Å². The molecule has 0 radical (unpaired) electrons. The Morgan fingerprint density at radius 1 is 1.19 bits per heavy atom. The highest BCUT2D eigenvalue weighted by Gasteiger charge is 2.16. The molecular weight excluding hydrogens is 264 g/mol. The zero-order valence-electron chi connectivity index (χ0n) is 12.7. The average molecular weight is 286 g/mol. The summed E-state index contributed by atoms with van der Waals surface area (Å²) in [6, 6.07) is 11.5. The topological polar surface area (TPSA) is 54.3 Å². The second-order valence-electron chi connectivity index (χ2n) is 5.43. The van der Waals surface area contributed by atoms with Crippen molar-refractivity contribution in [2.75, 3.05) is 5.32 Å². The van der Waals surface area contributed by atoms with Crippen LogP contribution < -0.4 is 10.6 Å². The average Bonchev–Trinajstić information content (AvgIpc) is 2.94. The first-order valence-corrected chi connectivity index (χ1v) is 7.20. The first-order valence-electron chi connectivity index (χ1n) is 7.20. The molecule has 112 valence electrons. The lowest BCUT2D eigenvalue weighted by Gasteiger charge is -2.19. The maximum Gasteiger partial charge on any atom is 0.241 e. The van der Waals surface area contributed by atoms with E-state index in [0.29, 0.717) is 0 Å². The Morgan fingerprint density at radius 2 is 1.90 bits per heavy atom. The number of amides is 1. The molecule has 1 heterocycles. The second kappa shape index (κ2) is 7.09. The van der Waals surface area contributed by atoms with E-state index >= 15 is 0 Å². The number of furan rings is 1.